The number of amides is 2. The van der Waals surface area contributed by atoms with Gasteiger partial charge < -0.3 is 9.09 Å². The van der Waals surface area contributed by atoms with Crippen LogP contribution in [0.4, 0.5) is 0 Å². The molecule has 0 unspecified atom stereocenters. The average molecular weight is 355 g/mol. The highest BCUT2D eigenvalue weighted by atomic mass is 16.5. The Bertz CT molecular complexity index is 928. The summed E-state index contributed by atoms with van der Waals surface area (Å²) in [5, 5.41) is 4.67. The number of aryl methyl sites for hydroxylation is 3. The van der Waals surface area contributed by atoms with Gasteiger partial charge in [-0.1, -0.05) is 30.3 Å². The van der Waals surface area contributed by atoms with Crippen molar-refractivity contribution in [3.63, 3.8) is 0 Å². The third kappa shape index (κ3) is 3.90. The number of hydrazine groups is 1. The van der Waals surface area contributed by atoms with Crippen LogP contribution in [-0.2, 0) is 24.7 Å². The first-order valence-electron chi connectivity index (χ1n) is 8.53. The Morgan fingerprint density at radius 1 is 1.19 bits per heavy atom. The third-order valence-electron chi connectivity index (χ3n) is 4.01. The molecule has 2 heterocycles. The van der Waals surface area contributed by atoms with Gasteiger partial charge >= 0.3 is 0 Å². The molecule has 2 amide bonds. The minimum Gasteiger partial charge on any atom is -0.350 e. The molecule has 0 aliphatic heterocycles. The lowest BCUT2D eigenvalue weighted by Crippen LogP contribution is -2.41. The highest BCUT2D eigenvalue weighted by molar-refractivity contribution is 6.07. The standard InChI is InChI=1S/C18H21N5O3/c1-3-6-15-19-17(26-22-15)10-9-16(24)20-21-18(25)13-11-23(2)14-8-5-4-7-12(13)14/h4-5,7-8,11H,3,6,9-10H2,1-2H3,(H,20,24)(H,21,25). The Hall–Kier alpha value is -3.16. The van der Waals surface area contributed by atoms with E-state index in [-0.39, 0.29) is 18.2 Å². The molecule has 0 spiro atoms. The van der Waals surface area contributed by atoms with E-state index in [2.05, 4.69) is 21.0 Å². The fourth-order valence-corrected chi connectivity index (χ4v) is 2.72. The van der Waals surface area contributed by atoms with Gasteiger partial charge in [0, 0.05) is 43.4 Å². The molecule has 0 fully saturated rings. The molecule has 0 aliphatic rings. The van der Waals surface area contributed by atoms with Gasteiger partial charge in [0.2, 0.25) is 11.8 Å². The van der Waals surface area contributed by atoms with E-state index in [4.69, 9.17) is 4.52 Å². The zero-order chi connectivity index (χ0) is 18.5. The van der Waals surface area contributed by atoms with Crippen LogP contribution in [0.2, 0.25) is 0 Å². The number of para-hydroxylation sites is 1. The molecule has 0 saturated carbocycles. The van der Waals surface area contributed by atoms with Crippen LogP contribution in [0.3, 0.4) is 0 Å². The van der Waals surface area contributed by atoms with Crippen molar-refractivity contribution in [2.45, 2.75) is 32.6 Å². The van der Waals surface area contributed by atoms with Crippen LogP contribution < -0.4 is 10.9 Å². The zero-order valence-electron chi connectivity index (χ0n) is 14.8. The van der Waals surface area contributed by atoms with E-state index >= 15 is 0 Å². The highest BCUT2D eigenvalue weighted by Gasteiger charge is 2.14. The first-order chi connectivity index (χ1) is 12.6. The number of hydrogen-bond donors (Lipinski definition) is 2. The maximum absolute atomic E-state index is 12.3. The summed E-state index contributed by atoms with van der Waals surface area (Å²) < 4.78 is 6.95. The lowest BCUT2D eigenvalue weighted by molar-refractivity contribution is -0.121. The van der Waals surface area contributed by atoms with Gasteiger partial charge in [0.15, 0.2) is 5.82 Å². The maximum atomic E-state index is 12.3. The fourth-order valence-electron chi connectivity index (χ4n) is 2.72. The first kappa shape index (κ1) is 17.7. The predicted octanol–water partition coefficient (Wildman–Crippen LogP) is 1.91. The van der Waals surface area contributed by atoms with Crippen LogP contribution in [0.1, 0.15) is 41.8 Å². The molecule has 2 N–H and O–H groups in total. The normalized spacial score (nSPS) is 10.8. The second-order valence-corrected chi connectivity index (χ2v) is 6.03. The molecule has 26 heavy (non-hydrogen) atoms. The van der Waals surface area contributed by atoms with E-state index in [0.29, 0.717) is 23.7 Å². The minimum absolute atomic E-state index is 0.142. The summed E-state index contributed by atoms with van der Waals surface area (Å²) in [6.07, 6.45) is 3.88. The van der Waals surface area contributed by atoms with Gasteiger partial charge in [0.1, 0.15) is 0 Å². The fraction of sp³-hybridized carbons (Fsp3) is 0.333. The molecule has 0 radical (unpaired) electrons. The second-order valence-electron chi connectivity index (χ2n) is 6.03. The van der Waals surface area contributed by atoms with Gasteiger partial charge in [-0.2, -0.15) is 4.98 Å². The van der Waals surface area contributed by atoms with Crippen molar-refractivity contribution in [1.82, 2.24) is 25.6 Å². The lowest BCUT2D eigenvalue weighted by Gasteiger charge is -2.06. The third-order valence-corrected chi connectivity index (χ3v) is 4.01. The van der Waals surface area contributed by atoms with Crippen molar-refractivity contribution >= 4 is 22.7 Å². The van der Waals surface area contributed by atoms with Crippen molar-refractivity contribution in [1.29, 1.82) is 0 Å². The number of aromatic nitrogens is 3. The van der Waals surface area contributed by atoms with E-state index in [1.165, 1.54) is 0 Å². The van der Waals surface area contributed by atoms with Gasteiger partial charge in [0.25, 0.3) is 5.91 Å². The molecule has 8 heteroatoms. The van der Waals surface area contributed by atoms with Gasteiger partial charge in [-0.05, 0) is 12.5 Å². The smallest absolute Gasteiger partial charge is 0.271 e. The summed E-state index contributed by atoms with van der Waals surface area (Å²) >= 11 is 0. The van der Waals surface area contributed by atoms with Crippen molar-refractivity contribution < 1.29 is 14.1 Å². The summed E-state index contributed by atoms with van der Waals surface area (Å²) in [6.45, 7) is 2.03. The number of nitrogens with one attached hydrogen (secondary N) is 2. The van der Waals surface area contributed by atoms with Crippen LogP contribution in [0.25, 0.3) is 10.9 Å². The summed E-state index contributed by atoms with van der Waals surface area (Å²) in [5.41, 5.74) is 6.32. The lowest BCUT2D eigenvalue weighted by atomic mass is 10.2. The largest absolute Gasteiger partial charge is 0.350 e. The number of nitrogens with zero attached hydrogens (tertiary/aromatic N) is 3. The Morgan fingerprint density at radius 2 is 2.00 bits per heavy atom. The minimum atomic E-state index is -0.363. The van der Waals surface area contributed by atoms with Gasteiger partial charge in [0.05, 0.1) is 5.56 Å². The molecule has 8 nitrogen and oxygen atoms in total. The van der Waals surface area contributed by atoms with E-state index in [1.54, 1.807) is 6.20 Å². The number of rotatable bonds is 6. The highest BCUT2D eigenvalue weighted by Crippen LogP contribution is 2.19. The molecule has 136 valence electrons. The molecule has 1 aromatic carbocycles. The van der Waals surface area contributed by atoms with Crippen LogP contribution in [0.15, 0.2) is 35.0 Å². The van der Waals surface area contributed by atoms with E-state index in [1.807, 2.05) is 42.8 Å². The number of benzene rings is 1. The van der Waals surface area contributed by atoms with E-state index < -0.39 is 0 Å². The molecule has 3 aromatic rings. The molecule has 0 saturated heterocycles. The zero-order valence-corrected chi connectivity index (χ0v) is 14.8. The Labute approximate surface area is 150 Å². The monoisotopic (exact) mass is 355 g/mol. The summed E-state index contributed by atoms with van der Waals surface area (Å²) in [5.74, 6) is 0.378. The van der Waals surface area contributed by atoms with Crippen molar-refractivity contribution in [3.8, 4) is 0 Å². The molecule has 2 aromatic heterocycles. The van der Waals surface area contributed by atoms with Gasteiger partial charge in [-0.15, -0.1) is 0 Å². The topological polar surface area (TPSA) is 102 Å². The number of carbonyl (C=O) groups excluding carboxylic acids is 2. The van der Waals surface area contributed by atoms with E-state index in [0.717, 1.165) is 23.7 Å². The molecule has 0 bridgehead atoms. The average Bonchev–Trinajstić information content (AvgIpc) is 3.23. The van der Waals surface area contributed by atoms with Gasteiger partial charge in [-0.25, -0.2) is 0 Å². The first-order valence-corrected chi connectivity index (χ1v) is 8.53. The van der Waals surface area contributed by atoms with E-state index in [9.17, 15) is 9.59 Å². The molecule has 0 atom stereocenters. The molecule has 3 rings (SSSR count). The summed E-state index contributed by atoms with van der Waals surface area (Å²) in [7, 11) is 1.87. The van der Waals surface area contributed by atoms with Crippen molar-refractivity contribution in [3.05, 3.63) is 47.7 Å². The predicted molar refractivity (Wildman–Crippen MR) is 95.1 cm³/mol. The van der Waals surface area contributed by atoms with Crippen LogP contribution >= 0.6 is 0 Å². The molecule has 0 aliphatic carbocycles. The van der Waals surface area contributed by atoms with Crippen LogP contribution in [0, 0.1) is 0 Å². The summed E-state index contributed by atoms with van der Waals surface area (Å²) in [4.78, 5) is 28.5. The molecular formula is C18H21N5O3. The maximum Gasteiger partial charge on any atom is 0.271 e. The van der Waals surface area contributed by atoms with Crippen molar-refractivity contribution in [2.24, 2.45) is 7.05 Å². The Balaban J connectivity index is 1.52. The van der Waals surface area contributed by atoms with Crippen molar-refractivity contribution in [2.75, 3.05) is 0 Å². The quantitative estimate of drug-likeness (QED) is 0.658. The SMILES string of the molecule is CCCc1noc(CCC(=O)NNC(=O)c2cn(C)c3ccccc23)n1. The number of fused-ring (bicyclic) bond motifs is 1. The van der Waals surface area contributed by atoms with Crippen LogP contribution in [0.5, 0.6) is 0 Å². The second kappa shape index (κ2) is 7.81. The van der Waals surface area contributed by atoms with Crippen LogP contribution in [-0.4, -0.2) is 26.5 Å². The Morgan fingerprint density at radius 3 is 2.81 bits per heavy atom. The molecular weight excluding hydrogens is 334 g/mol. The van der Waals surface area contributed by atoms with Gasteiger partial charge in [-0.3, -0.25) is 20.4 Å². The number of hydrogen-bond acceptors (Lipinski definition) is 5. The Kier molecular flexibility index (Phi) is 5.31. The summed E-state index contributed by atoms with van der Waals surface area (Å²) in [6, 6.07) is 7.58. The number of carbonyl (C=O) groups is 2.